The Balaban J connectivity index is 0. The van der Waals surface area contributed by atoms with Gasteiger partial charge in [-0.3, -0.25) is 4.57 Å². The number of alkyl halides is 8. The van der Waals surface area contributed by atoms with Crippen LogP contribution in [0.5, 0.6) is 0 Å². The predicted octanol–water partition coefficient (Wildman–Crippen LogP) is 4.70. The Bertz CT molecular complexity index is 422. The van der Waals surface area contributed by atoms with Crippen molar-refractivity contribution in [3.63, 3.8) is 0 Å². The molecule has 0 radical (unpaired) electrons. The van der Waals surface area contributed by atoms with Crippen molar-refractivity contribution in [2.45, 2.75) is 31.9 Å². The summed E-state index contributed by atoms with van der Waals surface area (Å²) >= 11 is 0. The van der Waals surface area contributed by atoms with Crippen molar-refractivity contribution in [2.75, 3.05) is 13.2 Å². The van der Waals surface area contributed by atoms with Crippen LogP contribution in [0.15, 0.2) is 5.57 Å². The van der Waals surface area contributed by atoms with Gasteiger partial charge < -0.3 is 15.1 Å². The maximum atomic E-state index is 13.7. The van der Waals surface area contributed by atoms with Crippen LogP contribution in [0.25, 0.3) is 0 Å². The number of allylic oxidation sites excluding steroid dienone is 2. The van der Waals surface area contributed by atoms with Crippen LogP contribution in [0.4, 0.5) is 35.1 Å². The SMILES string of the molecule is CCOP(=O)(OCC)C(F)(F)C(=[C-]C(F)(F)F)C(F)(F)F.[Cu+]. The third-order valence-corrected chi connectivity index (χ3v) is 3.90. The Hall–Kier alpha value is -0.151. The zero-order valence-corrected chi connectivity index (χ0v) is 12.7. The van der Waals surface area contributed by atoms with Crippen LogP contribution in [0, 0.1) is 6.08 Å². The van der Waals surface area contributed by atoms with Crippen LogP contribution >= 0.6 is 7.60 Å². The maximum Gasteiger partial charge on any atom is 1.00 e. The second-order valence-electron chi connectivity index (χ2n) is 3.37. The summed E-state index contributed by atoms with van der Waals surface area (Å²) in [6.07, 6.45) is -12.3. The van der Waals surface area contributed by atoms with E-state index in [-0.39, 0.29) is 23.1 Å². The van der Waals surface area contributed by atoms with Gasteiger partial charge in [0.25, 0.3) is 6.18 Å². The number of halogens is 8. The van der Waals surface area contributed by atoms with Crippen LogP contribution < -0.4 is 0 Å². The van der Waals surface area contributed by atoms with Crippen molar-refractivity contribution in [3.05, 3.63) is 11.6 Å². The standard InChI is InChI=1S/C9H10F8O3P.Cu/c1-3-19-21(18,20-4-2)9(16,17)6(8(13,14)15)5-7(10,11)12;/h3-4H2,1-2H3;/q-1;+1. The molecule has 136 valence electrons. The average molecular weight is 413 g/mol. The molecular formula is C9H10CuF8O3P. The molecule has 3 nitrogen and oxygen atoms in total. The second kappa shape index (κ2) is 8.10. The van der Waals surface area contributed by atoms with Gasteiger partial charge in [0.15, 0.2) is 0 Å². The largest absolute Gasteiger partial charge is 1.00 e. The van der Waals surface area contributed by atoms with Gasteiger partial charge >= 0.3 is 36.5 Å². The summed E-state index contributed by atoms with van der Waals surface area (Å²) in [6.45, 7) is 0.493. The summed E-state index contributed by atoms with van der Waals surface area (Å²) < 4.78 is 120. The molecule has 0 aliphatic heterocycles. The Kier molecular flexibility index (Phi) is 8.87. The molecule has 0 fully saturated rings. The normalized spacial score (nSPS) is 14.7. The summed E-state index contributed by atoms with van der Waals surface area (Å²) in [4.78, 5) is 0. The minimum Gasteiger partial charge on any atom is -0.374 e. The molecule has 0 aromatic rings. The van der Waals surface area contributed by atoms with Crippen LogP contribution in [0.3, 0.4) is 0 Å². The van der Waals surface area contributed by atoms with Gasteiger partial charge in [0.05, 0.1) is 13.2 Å². The molecule has 0 amide bonds. The van der Waals surface area contributed by atoms with E-state index in [1.165, 1.54) is 0 Å². The Labute approximate surface area is 131 Å². The summed E-state index contributed by atoms with van der Waals surface area (Å²) in [5, 5.41) is 0. The maximum absolute atomic E-state index is 13.7. The van der Waals surface area contributed by atoms with E-state index in [0.717, 1.165) is 13.8 Å². The van der Waals surface area contributed by atoms with Crippen molar-refractivity contribution in [3.8, 4) is 0 Å². The van der Waals surface area contributed by atoms with E-state index in [4.69, 9.17) is 0 Å². The third kappa shape index (κ3) is 6.16. The van der Waals surface area contributed by atoms with Gasteiger partial charge in [-0.15, -0.1) is 0 Å². The van der Waals surface area contributed by atoms with Crippen LogP contribution in [0.1, 0.15) is 13.8 Å². The van der Waals surface area contributed by atoms with Gasteiger partial charge in [-0.25, -0.2) is 13.2 Å². The fourth-order valence-electron chi connectivity index (χ4n) is 1.13. The Morgan fingerprint density at radius 2 is 1.32 bits per heavy atom. The van der Waals surface area contributed by atoms with Crippen LogP contribution in [-0.4, -0.2) is 31.2 Å². The molecule has 0 bridgehead atoms. The van der Waals surface area contributed by atoms with Gasteiger partial charge in [-0.05, 0) is 13.8 Å². The molecule has 0 spiro atoms. The summed E-state index contributed by atoms with van der Waals surface area (Å²) in [5.41, 5.74) is -9.03. The van der Waals surface area contributed by atoms with Crippen LogP contribution in [-0.2, 0) is 30.7 Å². The van der Waals surface area contributed by atoms with Gasteiger partial charge in [0.2, 0.25) is 0 Å². The first-order chi connectivity index (χ1) is 9.21. The summed E-state index contributed by atoms with van der Waals surface area (Å²) in [6, 6.07) is 0. The molecule has 0 saturated heterocycles. The van der Waals surface area contributed by atoms with Crippen molar-refractivity contribution >= 4 is 7.60 Å². The van der Waals surface area contributed by atoms with Gasteiger partial charge in [-0.1, -0.05) is 5.57 Å². The van der Waals surface area contributed by atoms with Crippen molar-refractivity contribution in [1.29, 1.82) is 0 Å². The zero-order valence-electron chi connectivity index (χ0n) is 10.9. The van der Waals surface area contributed by atoms with Gasteiger partial charge in [-0.2, -0.15) is 22.0 Å². The molecule has 0 heterocycles. The molecule has 0 atom stereocenters. The monoisotopic (exact) mass is 412 g/mol. The molecule has 0 unspecified atom stereocenters. The molecule has 22 heavy (non-hydrogen) atoms. The Morgan fingerprint density at radius 3 is 1.55 bits per heavy atom. The molecule has 0 saturated carbocycles. The van der Waals surface area contributed by atoms with Crippen molar-refractivity contribution in [1.82, 2.24) is 0 Å². The molecule has 0 aromatic heterocycles. The first-order valence-corrected chi connectivity index (χ1v) is 6.82. The van der Waals surface area contributed by atoms with Crippen molar-refractivity contribution in [2.24, 2.45) is 0 Å². The second-order valence-corrected chi connectivity index (χ2v) is 5.44. The molecule has 0 aliphatic carbocycles. The third-order valence-electron chi connectivity index (χ3n) is 1.79. The molecule has 0 rings (SSSR count). The summed E-state index contributed by atoms with van der Waals surface area (Å²) in [5.74, 6) is 0. The quantitative estimate of drug-likeness (QED) is 0.275. The molecule has 0 aromatic carbocycles. The minimum atomic E-state index is -6.14. The average Bonchev–Trinajstić information content (AvgIpc) is 2.23. The zero-order chi connectivity index (χ0) is 17.1. The van der Waals surface area contributed by atoms with E-state index in [1.807, 2.05) is 0 Å². The fraction of sp³-hybridized carbons (Fsp3) is 0.778. The molecule has 0 N–H and O–H groups in total. The van der Waals surface area contributed by atoms with E-state index in [9.17, 15) is 39.7 Å². The van der Waals surface area contributed by atoms with E-state index in [0.29, 0.717) is 0 Å². The van der Waals surface area contributed by atoms with E-state index in [1.54, 1.807) is 0 Å². The van der Waals surface area contributed by atoms with E-state index >= 15 is 0 Å². The first kappa shape index (κ1) is 24.1. The molecule has 0 aliphatic rings. The van der Waals surface area contributed by atoms with Crippen molar-refractivity contribution < 1.29 is 65.8 Å². The van der Waals surface area contributed by atoms with E-state index < -0.39 is 44.4 Å². The Morgan fingerprint density at radius 1 is 0.955 bits per heavy atom. The first-order valence-electron chi connectivity index (χ1n) is 5.27. The predicted molar refractivity (Wildman–Crippen MR) is 54.7 cm³/mol. The van der Waals surface area contributed by atoms with Crippen LogP contribution in [0.2, 0.25) is 0 Å². The van der Waals surface area contributed by atoms with Gasteiger partial charge in [0.1, 0.15) is 0 Å². The number of hydrogen-bond acceptors (Lipinski definition) is 3. The molecule has 13 heteroatoms. The van der Waals surface area contributed by atoms with Gasteiger partial charge in [0, 0.05) is 0 Å². The number of rotatable bonds is 6. The minimum absolute atomic E-state index is 0. The fourth-order valence-corrected chi connectivity index (χ4v) is 2.67. The topological polar surface area (TPSA) is 35.5 Å². The molecular weight excluding hydrogens is 403 g/mol. The van der Waals surface area contributed by atoms with E-state index in [2.05, 4.69) is 9.05 Å². The number of hydrogen-bond donors (Lipinski definition) is 0. The smallest absolute Gasteiger partial charge is 0.374 e. The summed E-state index contributed by atoms with van der Waals surface area (Å²) in [7, 11) is -5.81.